The molecule has 13 heteroatoms. The summed E-state index contributed by atoms with van der Waals surface area (Å²) >= 11 is 24.9. The summed E-state index contributed by atoms with van der Waals surface area (Å²) in [4.78, 5) is 48.9. The quantitative estimate of drug-likeness (QED) is 0.271. The fourth-order valence-electron chi connectivity index (χ4n) is 5.69. The van der Waals surface area contributed by atoms with Crippen molar-refractivity contribution in [2.45, 2.75) is 44.2 Å². The number of hydrogen-bond donors (Lipinski definition) is 1. The molecule has 232 valence electrons. The van der Waals surface area contributed by atoms with E-state index in [0.717, 1.165) is 38.0 Å². The van der Waals surface area contributed by atoms with Gasteiger partial charge in [-0.1, -0.05) is 57.6 Å². The molecule has 2 saturated heterocycles. The Hall–Kier alpha value is -2.56. The highest BCUT2D eigenvalue weighted by atomic mass is 35.5. The van der Waals surface area contributed by atoms with Gasteiger partial charge in [0.05, 0.1) is 28.8 Å². The van der Waals surface area contributed by atoms with Crippen LogP contribution in [0, 0.1) is 0 Å². The summed E-state index contributed by atoms with van der Waals surface area (Å²) < 4.78 is 0. The molecule has 4 rings (SSSR count). The molecule has 0 aliphatic carbocycles. The Balaban J connectivity index is 1.48. The third-order valence-corrected chi connectivity index (χ3v) is 9.06. The molecule has 2 aliphatic heterocycles. The Morgan fingerprint density at radius 3 is 2.37 bits per heavy atom. The van der Waals surface area contributed by atoms with Crippen molar-refractivity contribution in [1.29, 1.82) is 0 Å². The first-order chi connectivity index (χ1) is 20.5. The number of amides is 3. The van der Waals surface area contributed by atoms with E-state index < -0.39 is 6.04 Å². The van der Waals surface area contributed by atoms with Crippen LogP contribution in [0.2, 0.25) is 20.1 Å². The van der Waals surface area contributed by atoms with Crippen LogP contribution in [0.1, 0.15) is 48.0 Å². The number of oxime groups is 1. The first kappa shape index (κ1) is 33.3. The van der Waals surface area contributed by atoms with E-state index in [-0.39, 0.29) is 42.8 Å². The van der Waals surface area contributed by atoms with Gasteiger partial charge in [-0.25, -0.2) is 0 Å². The first-order valence-corrected chi connectivity index (χ1v) is 15.6. The van der Waals surface area contributed by atoms with Crippen molar-refractivity contribution in [3.8, 4) is 0 Å². The summed E-state index contributed by atoms with van der Waals surface area (Å²) in [5.74, 6) is -0.653. The molecule has 43 heavy (non-hydrogen) atoms. The van der Waals surface area contributed by atoms with Crippen LogP contribution >= 0.6 is 46.4 Å². The predicted octanol–water partition coefficient (Wildman–Crippen LogP) is 5.36. The minimum Gasteiger partial charge on any atom is -0.399 e. The standard InChI is InChI=1S/C30H35Cl4N5O4/c1-18-29(41)39(17-28(40)35-18)23-6-9-38(10-7-23)11-8-24(19-4-5-25(33)26(34)14-19)27(36-43-3)16-37(2)30(42)20-12-21(31)15-22(32)13-20/h4-5,12-15,18,23-24H,6-11,16-17H2,1-3H3,(H,35,40)/b36-27+. The molecule has 0 saturated carbocycles. The van der Waals surface area contributed by atoms with Gasteiger partial charge in [-0.3, -0.25) is 14.4 Å². The van der Waals surface area contributed by atoms with Gasteiger partial charge in [0.1, 0.15) is 13.2 Å². The number of hydrogen-bond acceptors (Lipinski definition) is 6. The number of carbonyl (C=O) groups excluding carboxylic acids is 3. The number of piperazine rings is 1. The van der Waals surface area contributed by atoms with E-state index in [1.165, 1.54) is 7.11 Å². The molecular formula is C30H35Cl4N5O4. The van der Waals surface area contributed by atoms with Crippen molar-refractivity contribution < 1.29 is 19.2 Å². The van der Waals surface area contributed by atoms with E-state index in [0.29, 0.717) is 37.8 Å². The molecule has 2 aromatic rings. The molecule has 0 bridgehead atoms. The zero-order valence-corrected chi connectivity index (χ0v) is 27.3. The smallest absolute Gasteiger partial charge is 0.254 e. The summed E-state index contributed by atoms with van der Waals surface area (Å²) in [5.41, 5.74) is 1.90. The molecule has 3 amide bonds. The van der Waals surface area contributed by atoms with Crippen LogP contribution in [0.25, 0.3) is 0 Å². The van der Waals surface area contributed by atoms with Gasteiger partial charge in [0.25, 0.3) is 5.91 Å². The maximum atomic E-state index is 13.3. The highest BCUT2D eigenvalue weighted by Crippen LogP contribution is 2.31. The monoisotopic (exact) mass is 669 g/mol. The van der Waals surface area contributed by atoms with Gasteiger partial charge in [-0.2, -0.15) is 0 Å². The fraction of sp³-hybridized carbons (Fsp3) is 0.467. The lowest BCUT2D eigenvalue weighted by Gasteiger charge is -2.41. The second-order valence-electron chi connectivity index (χ2n) is 10.9. The highest BCUT2D eigenvalue weighted by Gasteiger charge is 2.36. The summed E-state index contributed by atoms with van der Waals surface area (Å²) in [6.07, 6.45) is 2.22. The van der Waals surface area contributed by atoms with Crippen LogP contribution in [0.3, 0.4) is 0 Å². The number of nitrogens with one attached hydrogen (secondary N) is 1. The molecule has 0 spiro atoms. The van der Waals surface area contributed by atoms with Gasteiger partial charge in [-0.15, -0.1) is 0 Å². The number of rotatable bonds is 10. The molecule has 9 nitrogen and oxygen atoms in total. The molecule has 1 N–H and O–H groups in total. The number of piperidine rings is 1. The van der Waals surface area contributed by atoms with Crippen LogP contribution in [0.5, 0.6) is 0 Å². The topological polar surface area (TPSA) is 94.6 Å². The van der Waals surface area contributed by atoms with Crippen LogP contribution in [0.15, 0.2) is 41.6 Å². The van der Waals surface area contributed by atoms with Crippen molar-refractivity contribution in [1.82, 2.24) is 20.0 Å². The number of benzene rings is 2. The first-order valence-electron chi connectivity index (χ1n) is 14.1. The van der Waals surface area contributed by atoms with Crippen LogP contribution in [0.4, 0.5) is 0 Å². The molecular weight excluding hydrogens is 636 g/mol. The van der Waals surface area contributed by atoms with Crippen LogP contribution < -0.4 is 5.32 Å². The van der Waals surface area contributed by atoms with E-state index >= 15 is 0 Å². The van der Waals surface area contributed by atoms with Gasteiger partial charge in [0, 0.05) is 47.7 Å². The van der Waals surface area contributed by atoms with Gasteiger partial charge >= 0.3 is 0 Å². The molecule has 2 atom stereocenters. The second kappa shape index (κ2) is 14.9. The Bertz CT molecular complexity index is 1360. The normalized spacial score (nSPS) is 19.3. The van der Waals surface area contributed by atoms with Crippen molar-refractivity contribution in [3.05, 3.63) is 67.6 Å². The van der Waals surface area contributed by atoms with E-state index in [1.54, 1.807) is 48.0 Å². The summed E-state index contributed by atoms with van der Waals surface area (Å²) in [7, 11) is 3.15. The molecule has 2 fully saturated rings. The molecule has 0 aromatic heterocycles. The Morgan fingerprint density at radius 1 is 1.07 bits per heavy atom. The minimum absolute atomic E-state index is 0.0307. The van der Waals surface area contributed by atoms with Gasteiger partial charge in [0.15, 0.2) is 0 Å². The second-order valence-corrected chi connectivity index (χ2v) is 12.6. The lowest BCUT2D eigenvalue weighted by molar-refractivity contribution is -0.147. The van der Waals surface area contributed by atoms with E-state index in [2.05, 4.69) is 15.4 Å². The third kappa shape index (κ3) is 8.54. The zero-order chi connectivity index (χ0) is 31.3. The predicted molar refractivity (Wildman–Crippen MR) is 170 cm³/mol. The molecule has 2 aliphatic rings. The largest absolute Gasteiger partial charge is 0.399 e. The Kier molecular flexibility index (Phi) is 11.6. The van der Waals surface area contributed by atoms with Crippen LogP contribution in [-0.2, 0) is 14.4 Å². The average Bonchev–Trinajstić information content (AvgIpc) is 2.96. The van der Waals surface area contributed by atoms with E-state index in [9.17, 15) is 14.4 Å². The van der Waals surface area contributed by atoms with Gasteiger partial charge < -0.3 is 24.9 Å². The highest BCUT2D eigenvalue weighted by molar-refractivity contribution is 6.42. The zero-order valence-electron chi connectivity index (χ0n) is 24.3. The van der Waals surface area contributed by atoms with E-state index in [4.69, 9.17) is 51.2 Å². The van der Waals surface area contributed by atoms with Crippen molar-refractivity contribution in [2.24, 2.45) is 5.16 Å². The van der Waals surface area contributed by atoms with Gasteiger partial charge in [0.2, 0.25) is 11.8 Å². The third-order valence-electron chi connectivity index (χ3n) is 7.89. The average molecular weight is 671 g/mol. The molecule has 2 unspecified atom stereocenters. The molecule has 2 heterocycles. The maximum absolute atomic E-state index is 13.3. The Labute approximate surface area is 272 Å². The summed E-state index contributed by atoms with van der Waals surface area (Å²) in [5, 5.41) is 8.66. The molecule has 2 aromatic carbocycles. The molecule has 0 radical (unpaired) electrons. The number of likely N-dealkylation sites (tertiary alicyclic amines) is 1. The van der Waals surface area contributed by atoms with Crippen molar-refractivity contribution in [3.63, 3.8) is 0 Å². The number of halogens is 4. The SMILES string of the molecule is CO/N=C(\CN(C)C(=O)c1cc(Cl)cc(Cl)c1)C(CCN1CCC(N2CC(=O)NC(C)C2=O)CC1)c1ccc(Cl)c(Cl)c1. The lowest BCUT2D eigenvalue weighted by atomic mass is 9.89. The number of carbonyl (C=O) groups is 3. The van der Waals surface area contributed by atoms with Crippen LogP contribution in [-0.4, -0.2) is 97.1 Å². The van der Waals surface area contributed by atoms with E-state index in [1.807, 2.05) is 12.1 Å². The lowest BCUT2D eigenvalue weighted by Crippen LogP contribution is -2.61. The van der Waals surface area contributed by atoms with Gasteiger partial charge in [-0.05, 0) is 68.6 Å². The summed E-state index contributed by atoms with van der Waals surface area (Å²) in [6.45, 7) is 4.30. The number of nitrogens with zero attached hydrogens (tertiary/aromatic N) is 4. The summed E-state index contributed by atoms with van der Waals surface area (Å²) in [6, 6.07) is 9.73. The van der Waals surface area contributed by atoms with Crippen molar-refractivity contribution in [2.75, 3.05) is 46.9 Å². The van der Waals surface area contributed by atoms with Crippen molar-refractivity contribution >= 4 is 69.8 Å². The Morgan fingerprint density at radius 2 is 1.74 bits per heavy atom. The fourth-order valence-corrected chi connectivity index (χ4v) is 6.53. The minimum atomic E-state index is -0.495. The maximum Gasteiger partial charge on any atom is 0.254 e.